The van der Waals surface area contributed by atoms with Crippen LogP contribution in [0.3, 0.4) is 0 Å². The van der Waals surface area contributed by atoms with Gasteiger partial charge in [0.25, 0.3) is 0 Å². The lowest BCUT2D eigenvalue weighted by molar-refractivity contribution is -0.129. The number of ether oxygens (including phenoxy) is 2. The molecule has 0 radical (unpaired) electrons. The Morgan fingerprint density at radius 1 is 0.537 bits per heavy atom. The molecule has 0 amide bonds. The van der Waals surface area contributed by atoms with E-state index >= 15 is 0 Å². The van der Waals surface area contributed by atoms with Crippen LogP contribution in [0.1, 0.15) is 33.4 Å². The minimum atomic E-state index is -0.517. The molecule has 5 heteroatoms. The van der Waals surface area contributed by atoms with Gasteiger partial charge in [0, 0.05) is 17.7 Å². The highest BCUT2D eigenvalue weighted by Crippen LogP contribution is 2.20. The SMILES string of the molecule is C=CC(=O)Oc1ccc(/C=C/c2ccc(/C=C/c3ccc(/C=C/c4cccc(OC(=O)C=C)c4)cc3)c(F)c2)cc1. The minimum Gasteiger partial charge on any atom is -0.423 e. The van der Waals surface area contributed by atoms with Gasteiger partial charge in [0.15, 0.2) is 0 Å². The van der Waals surface area contributed by atoms with E-state index in [-0.39, 0.29) is 5.82 Å². The lowest BCUT2D eigenvalue weighted by Crippen LogP contribution is -2.02. The molecule has 0 fully saturated rings. The van der Waals surface area contributed by atoms with Gasteiger partial charge >= 0.3 is 11.9 Å². The summed E-state index contributed by atoms with van der Waals surface area (Å²) in [5.41, 5.74) is 4.91. The van der Waals surface area contributed by atoms with E-state index in [0.717, 1.165) is 40.0 Å². The Hall–Kier alpha value is -5.55. The van der Waals surface area contributed by atoms with E-state index in [1.54, 1.807) is 48.5 Å². The zero-order valence-electron chi connectivity index (χ0n) is 22.2. The Labute approximate surface area is 238 Å². The highest BCUT2D eigenvalue weighted by Gasteiger charge is 2.02. The summed E-state index contributed by atoms with van der Waals surface area (Å²) in [5.74, 6) is -0.463. The maximum absolute atomic E-state index is 14.7. The second-order valence-corrected chi connectivity index (χ2v) is 8.84. The number of halogens is 1. The van der Waals surface area contributed by atoms with Crippen molar-refractivity contribution in [2.24, 2.45) is 0 Å². The number of benzene rings is 4. The average molecular weight is 543 g/mol. The highest BCUT2D eigenvalue weighted by molar-refractivity contribution is 5.84. The van der Waals surface area contributed by atoms with E-state index in [4.69, 9.17) is 9.47 Å². The van der Waals surface area contributed by atoms with Crippen molar-refractivity contribution < 1.29 is 23.5 Å². The maximum atomic E-state index is 14.7. The Kier molecular flexibility index (Phi) is 9.73. The molecule has 0 spiro atoms. The first kappa shape index (κ1) is 28.5. The first-order chi connectivity index (χ1) is 19.9. The molecule has 4 aromatic rings. The predicted octanol–water partition coefficient (Wildman–Crippen LogP) is 8.52. The van der Waals surface area contributed by atoms with E-state index in [2.05, 4.69) is 13.2 Å². The smallest absolute Gasteiger partial charge is 0.335 e. The molecule has 4 nitrogen and oxygen atoms in total. The van der Waals surface area contributed by atoms with E-state index < -0.39 is 11.9 Å². The van der Waals surface area contributed by atoms with E-state index in [0.29, 0.717) is 17.1 Å². The van der Waals surface area contributed by atoms with Gasteiger partial charge in [0.2, 0.25) is 0 Å². The molecule has 0 saturated carbocycles. The summed E-state index contributed by atoms with van der Waals surface area (Å²) in [4.78, 5) is 22.7. The van der Waals surface area contributed by atoms with Crippen LogP contribution in [0, 0.1) is 5.82 Å². The lowest BCUT2D eigenvalue weighted by Gasteiger charge is -2.02. The van der Waals surface area contributed by atoms with Crippen molar-refractivity contribution in [3.05, 3.63) is 156 Å². The van der Waals surface area contributed by atoms with E-state index in [9.17, 15) is 14.0 Å². The Morgan fingerprint density at radius 2 is 1.00 bits per heavy atom. The summed E-state index contributed by atoms with van der Waals surface area (Å²) in [6, 6.07) is 27.1. The number of esters is 2. The fourth-order valence-electron chi connectivity index (χ4n) is 3.72. The van der Waals surface area contributed by atoms with Gasteiger partial charge in [-0.1, -0.05) is 110 Å². The maximum Gasteiger partial charge on any atom is 0.335 e. The van der Waals surface area contributed by atoms with Crippen molar-refractivity contribution in [1.29, 1.82) is 0 Å². The van der Waals surface area contributed by atoms with Crippen LogP contribution in [-0.2, 0) is 9.59 Å². The minimum absolute atomic E-state index is 0.323. The van der Waals surface area contributed by atoms with Crippen LogP contribution in [-0.4, -0.2) is 11.9 Å². The highest BCUT2D eigenvalue weighted by atomic mass is 19.1. The second kappa shape index (κ2) is 14.0. The van der Waals surface area contributed by atoms with Gasteiger partial charge < -0.3 is 9.47 Å². The first-order valence-electron chi connectivity index (χ1n) is 12.7. The van der Waals surface area contributed by atoms with Crippen LogP contribution >= 0.6 is 0 Å². The van der Waals surface area contributed by atoms with Gasteiger partial charge in [-0.15, -0.1) is 0 Å². The molecule has 4 aromatic carbocycles. The number of carbonyl (C=O) groups is 2. The zero-order chi connectivity index (χ0) is 29.0. The van der Waals surface area contributed by atoms with Crippen LogP contribution in [0.25, 0.3) is 36.5 Å². The molecule has 0 aliphatic heterocycles. The van der Waals surface area contributed by atoms with Crippen LogP contribution < -0.4 is 9.47 Å². The molecule has 4 rings (SSSR count). The summed E-state index contributed by atoms with van der Waals surface area (Å²) < 4.78 is 25.0. The number of carbonyl (C=O) groups excluding carboxylic acids is 2. The summed E-state index contributed by atoms with van der Waals surface area (Å²) in [6.45, 7) is 6.77. The monoisotopic (exact) mass is 542 g/mol. The van der Waals surface area contributed by atoms with Gasteiger partial charge in [-0.2, -0.15) is 0 Å². The molecular formula is C36H27FO4. The fourth-order valence-corrected chi connectivity index (χ4v) is 3.72. The predicted molar refractivity (Wildman–Crippen MR) is 164 cm³/mol. The molecule has 0 saturated heterocycles. The summed E-state index contributed by atoms with van der Waals surface area (Å²) in [6.07, 6.45) is 13.4. The fraction of sp³-hybridized carbons (Fsp3) is 0. The molecule has 0 aliphatic carbocycles. The third-order valence-electron chi connectivity index (χ3n) is 5.86. The molecule has 0 atom stereocenters. The van der Waals surface area contributed by atoms with Crippen LogP contribution in [0.15, 0.2) is 116 Å². The summed E-state index contributed by atoms with van der Waals surface area (Å²) >= 11 is 0. The van der Waals surface area contributed by atoms with Gasteiger partial charge in [-0.05, 0) is 58.1 Å². The van der Waals surface area contributed by atoms with Gasteiger partial charge in [0.05, 0.1) is 0 Å². The molecule has 0 aliphatic rings. The van der Waals surface area contributed by atoms with Gasteiger partial charge in [-0.3, -0.25) is 0 Å². The van der Waals surface area contributed by atoms with Crippen LogP contribution in [0.5, 0.6) is 11.5 Å². The number of rotatable bonds is 10. The molecule has 202 valence electrons. The van der Waals surface area contributed by atoms with Gasteiger partial charge in [0.1, 0.15) is 17.3 Å². The number of hydrogen-bond donors (Lipinski definition) is 0. The Balaban J connectivity index is 1.35. The zero-order valence-corrected chi connectivity index (χ0v) is 22.2. The summed E-state index contributed by atoms with van der Waals surface area (Å²) in [7, 11) is 0. The topological polar surface area (TPSA) is 52.6 Å². The standard InChI is InChI=1S/C36H27FO4/c1-3-35(38)40-32-22-18-28(19-23-32)13-15-30-17-21-31(34(37)25-30)20-16-27-10-8-26(9-11-27)12-14-29-6-5-7-33(24-29)41-36(39)4-2/h3-25H,1-2H2/b14-12+,15-13+,20-16+. The van der Waals surface area contributed by atoms with E-state index in [1.807, 2.05) is 72.8 Å². The van der Waals surface area contributed by atoms with Gasteiger partial charge in [-0.25, -0.2) is 14.0 Å². The molecule has 0 heterocycles. The Bertz CT molecular complexity index is 1640. The number of hydrogen-bond acceptors (Lipinski definition) is 4. The van der Waals surface area contributed by atoms with Crippen LogP contribution in [0.4, 0.5) is 4.39 Å². The second-order valence-electron chi connectivity index (χ2n) is 8.84. The largest absolute Gasteiger partial charge is 0.423 e. The average Bonchev–Trinajstić information content (AvgIpc) is 2.99. The molecule has 0 unspecified atom stereocenters. The first-order valence-corrected chi connectivity index (χ1v) is 12.7. The van der Waals surface area contributed by atoms with E-state index in [1.165, 1.54) is 6.07 Å². The van der Waals surface area contributed by atoms with Crippen LogP contribution in [0.2, 0.25) is 0 Å². The van der Waals surface area contributed by atoms with Crippen molar-refractivity contribution in [3.63, 3.8) is 0 Å². The molecular weight excluding hydrogens is 515 g/mol. The molecule has 0 N–H and O–H groups in total. The third-order valence-corrected chi connectivity index (χ3v) is 5.86. The van der Waals surface area contributed by atoms with Crippen molar-refractivity contribution in [1.82, 2.24) is 0 Å². The van der Waals surface area contributed by atoms with Crippen molar-refractivity contribution in [2.75, 3.05) is 0 Å². The molecule has 0 aromatic heterocycles. The van der Waals surface area contributed by atoms with Crippen molar-refractivity contribution >= 4 is 48.4 Å². The molecule has 0 bridgehead atoms. The third kappa shape index (κ3) is 8.73. The molecule has 41 heavy (non-hydrogen) atoms. The van der Waals surface area contributed by atoms with Crippen molar-refractivity contribution in [3.8, 4) is 11.5 Å². The quantitative estimate of drug-likeness (QED) is 0.0872. The summed E-state index contributed by atoms with van der Waals surface area (Å²) in [5, 5.41) is 0. The lowest BCUT2D eigenvalue weighted by atomic mass is 10.1. The van der Waals surface area contributed by atoms with Crippen molar-refractivity contribution in [2.45, 2.75) is 0 Å². The Morgan fingerprint density at radius 3 is 1.56 bits per heavy atom. The normalized spacial score (nSPS) is 11.1.